The molecule has 0 saturated carbocycles. The van der Waals surface area contributed by atoms with Gasteiger partial charge in [-0.3, -0.25) is 30.6 Å². The summed E-state index contributed by atoms with van der Waals surface area (Å²) in [6.07, 6.45) is 2.90. The summed E-state index contributed by atoms with van der Waals surface area (Å²) in [6, 6.07) is 16.2. The zero-order valence-corrected chi connectivity index (χ0v) is 17.8. The molecule has 0 aliphatic carbocycles. The van der Waals surface area contributed by atoms with Crippen LogP contribution in [-0.2, 0) is 14.4 Å². The van der Waals surface area contributed by atoms with Gasteiger partial charge in [0.2, 0.25) is 17.7 Å². The standard InChI is InChI=1S/C22H24N4O4S/c1-2-30-18-11-9-17(10-12-18)23-19(27)14-15-21(29)25-26-22(31)24-20(28)13-8-16-6-4-3-5-7-16/h3-13H,2,14-15H2,1H3,(H,23,27)(H,25,29)(H2,24,26,28,31). The topological polar surface area (TPSA) is 109 Å². The fourth-order valence-electron chi connectivity index (χ4n) is 2.36. The minimum atomic E-state index is -0.446. The molecule has 8 nitrogen and oxygen atoms in total. The van der Waals surface area contributed by atoms with Crippen LogP contribution in [0.3, 0.4) is 0 Å². The largest absolute Gasteiger partial charge is 0.494 e. The summed E-state index contributed by atoms with van der Waals surface area (Å²) in [4.78, 5) is 35.6. The van der Waals surface area contributed by atoms with Crippen molar-refractivity contribution in [1.29, 1.82) is 0 Å². The molecular weight excluding hydrogens is 416 g/mol. The van der Waals surface area contributed by atoms with E-state index >= 15 is 0 Å². The highest BCUT2D eigenvalue weighted by atomic mass is 32.1. The molecule has 162 valence electrons. The molecule has 2 rings (SSSR count). The van der Waals surface area contributed by atoms with Crippen LogP contribution in [0.4, 0.5) is 5.69 Å². The Labute approximate surface area is 186 Å². The number of carbonyl (C=O) groups is 3. The molecule has 0 unspecified atom stereocenters. The van der Waals surface area contributed by atoms with Gasteiger partial charge in [0, 0.05) is 24.6 Å². The van der Waals surface area contributed by atoms with E-state index in [0.717, 1.165) is 5.56 Å². The highest BCUT2D eigenvalue weighted by molar-refractivity contribution is 7.80. The second kappa shape index (κ2) is 12.8. The fourth-order valence-corrected chi connectivity index (χ4v) is 2.51. The first kappa shape index (κ1) is 23.6. The van der Waals surface area contributed by atoms with Crippen LogP contribution in [0.1, 0.15) is 25.3 Å². The van der Waals surface area contributed by atoms with Crippen molar-refractivity contribution in [3.63, 3.8) is 0 Å². The number of amides is 3. The van der Waals surface area contributed by atoms with Crippen LogP contribution in [0.2, 0.25) is 0 Å². The summed E-state index contributed by atoms with van der Waals surface area (Å²) in [5, 5.41) is 5.05. The Morgan fingerprint density at radius 2 is 1.61 bits per heavy atom. The molecule has 2 aromatic carbocycles. The number of thiocarbonyl (C=S) groups is 1. The maximum absolute atomic E-state index is 12.0. The van der Waals surface area contributed by atoms with Crippen molar-refractivity contribution < 1.29 is 19.1 Å². The summed E-state index contributed by atoms with van der Waals surface area (Å²) in [6.45, 7) is 2.45. The molecule has 9 heteroatoms. The lowest BCUT2D eigenvalue weighted by Gasteiger charge is -2.10. The molecule has 4 N–H and O–H groups in total. The van der Waals surface area contributed by atoms with Crippen LogP contribution in [0.15, 0.2) is 60.7 Å². The van der Waals surface area contributed by atoms with E-state index in [1.807, 2.05) is 37.3 Å². The summed E-state index contributed by atoms with van der Waals surface area (Å²) < 4.78 is 5.34. The summed E-state index contributed by atoms with van der Waals surface area (Å²) >= 11 is 4.95. The van der Waals surface area contributed by atoms with E-state index in [1.165, 1.54) is 6.08 Å². The van der Waals surface area contributed by atoms with E-state index in [2.05, 4.69) is 21.5 Å². The van der Waals surface area contributed by atoms with Crippen LogP contribution >= 0.6 is 12.2 Å². The van der Waals surface area contributed by atoms with Crippen LogP contribution in [0.5, 0.6) is 5.75 Å². The van der Waals surface area contributed by atoms with E-state index in [0.29, 0.717) is 18.0 Å². The normalized spacial score (nSPS) is 10.2. The first-order valence-corrected chi connectivity index (χ1v) is 10.0. The van der Waals surface area contributed by atoms with E-state index in [1.54, 1.807) is 30.3 Å². The average molecular weight is 441 g/mol. The van der Waals surface area contributed by atoms with E-state index in [4.69, 9.17) is 17.0 Å². The second-order valence-electron chi connectivity index (χ2n) is 6.24. The highest BCUT2D eigenvalue weighted by Crippen LogP contribution is 2.15. The van der Waals surface area contributed by atoms with Gasteiger partial charge in [-0.25, -0.2) is 0 Å². The Hall–Kier alpha value is -3.72. The maximum Gasteiger partial charge on any atom is 0.250 e. The van der Waals surface area contributed by atoms with Gasteiger partial charge in [-0.15, -0.1) is 0 Å². The molecule has 0 aromatic heterocycles. The maximum atomic E-state index is 12.0. The first-order valence-electron chi connectivity index (χ1n) is 9.62. The minimum absolute atomic E-state index is 0.0142. The van der Waals surface area contributed by atoms with Gasteiger partial charge in [0.15, 0.2) is 5.11 Å². The molecule has 0 aliphatic heterocycles. The average Bonchev–Trinajstić information content (AvgIpc) is 2.77. The summed E-state index contributed by atoms with van der Waals surface area (Å²) in [5.41, 5.74) is 6.24. The van der Waals surface area contributed by atoms with Crippen molar-refractivity contribution >= 4 is 46.8 Å². The summed E-state index contributed by atoms with van der Waals surface area (Å²) in [5.74, 6) is -0.477. The molecule has 0 aliphatic rings. The Morgan fingerprint density at radius 1 is 0.935 bits per heavy atom. The van der Waals surface area contributed by atoms with Gasteiger partial charge in [0.05, 0.1) is 6.61 Å². The van der Waals surface area contributed by atoms with Crippen LogP contribution in [0.25, 0.3) is 6.08 Å². The quantitative estimate of drug-likeness (QED) is 0.285. The SMILES string of the molecule is CCOc1ccc(NC(=O)CCC(=O)NNC(=S)NC(=O)C=Cc2ccccc2)cc1. The molecule has 3 amide bonds. The lowest BCUT2D eigenvalue weighted by atomic mass is 10.2. The Balaban J connectivity index is 1.64. The molecule has 0 radical (unpaired) electrons. The van der Waals surface area contributed by atoms with Gasteiger partial charge in [0.25, 0.3) is 0 Å². The number of hydrogen-bond donors (Lipinski definition) is 4. The lowest BCUT2D eigenvalue weighted by molar-refractivity contribution is -0.124. The molecule has 0 fully saturated rings. The molecule has 0 heterocycles. The van der Waals surface area contributed by atoms with E-state index < -0.39 is 11.8 Å². The smallest absolute Gasteiger partial charge is 0.250 e. The predicted molar refractivity (Wildman–Crippen MR) is 123 cm³/mol. The van der Waals surface area contributed by atoms with E-state index in [9.17, 15) is 14.4 Å². The van der Waals surface area contributed by atoms with Crippen LogP contribution in [0, 0.1) is 0 Å². The highest BCUT2D eigenvalue weighted by Gasteiger charge is 2.08. The number of carbonyl (C=O) groups excluding carboxylic acids is 3. The third-order valence-corrected chi connectivity index (χ3v) is 4.01. The Bertz CT molecular complexity index is 930. The number of hydrazine groups is 1. The van der Waals surface area contributed by atoms with Crippen molar-refractivity contribution in [2.75, 3.05) is 11.9 Å². The molecule has 0 saturated heterocycles. The van der Waals surface area contributed by atoms with Crippen molar-refractivity contribution in [2.24, 2.45) is 0 Å². The fraction of sp³-hybridized carbons (Fsp3) is 0.182. The van der Waals surface area contributed by atoms with Crippen molar-refractivity contribution in [3.05, 3.63) is 66.2 Å². The van der Waals surface area contributed by atoms with E-state index in [-0.39, 0.29) is 23.9 Å². The first-order chi connectivity index (χ1) is 15.0. The van der Waals surface area contributed by atoms with Crippen molar-refractivity contribution in [3.8, 4) is 5.75 Å². The summed E-state index contributed by atoms with van der Waals surface area (Å²) in [7, 11) is 0. The van der Waals surface area contributed by atoms with Crippen molar-refractivity contribution in [1.82, 2.24) is 16.2 Å². The van der Waals surface area contributed by atoms with Gasteiger partial charge in [-0.2, -0.15) is 0 Å². The zero-order chi connectivity index (χ0) is 22.5. The number of hydrogen-bond acceptors (Lipinski definition) is 5. The zero-order valence-electron chi connectivity index (χ0n) is 17.0. The predicted octanol–water partition coefficient (Wildman–Crippen LogP) is 2.54. The van der Waals surface area contributed by atoms with Gasteiger partial charge >= 0.3 is 0 Å². The van der Waals surface area contributed by atoms with Crippen LogP contribution in [-0.4, -0.2) is 29.4 Å². The molecule has 0 bridgehead atoms. The monoisotopic (exact) mass is 440 g/mol. The molecule has 31 heavy (non-hydrogen) atoms. The molecular formula is C22H24N4O4S. The number of anilines is 1. The Morgan fingerprint density at radius 3 is 2.29 bits per heavy atom. The lowest BCUT2D eigenvalue weighted by Crippen LogP contribution is -2.48. The third kappa shape index (κ3) is 9.55. The van der Waals surface area contributed by atoms with Gasteiger partial charge in [0.1, 0.15) is 5.75 Å². The third-order valence-electron chi connectivity index (χ3n) is 3.81. The van der Waals surface area contributed by atoms with Gasteiger partial charge in [-0.05, 0) is 55.0 Å². The van der Waals surface area contributed by atoms with Gasteiger partial charge < -0.3 is 10.1 Å². The Kier molecular flexibility index (Phi) is 9.70. The number of ether oxygens (including phenoxy) is 1. The number of rotatable bonds is 8. The number of benzene rings is 2. The van der Waals surface area contributed by atoms with Gasteiger partial charge in [-0.1, -0.05) is 30.3 Å². The minimum Gasteiger partial charge on any atom is -0.494 e. The number of nitrogens with one attached hydrogen (secondary N) is 4. The van der Waals surface area contributed by atoms with Crippen molar-refractivity contribution in [2.45, 2.75) is 19.8 Å². The molecule has 0 spiro atoms. The second-order valence-corrected chi connectivity index (χ2v) is 6.65. The van der Waals surface area contributed by atoms with Crippen LogP contribution < -0.4 is 26.2 Å². The molecule has 2 aromatic rings. The molecule has 0 atom stereocenters.